The highest BCUT2D eigenvalue weighted by Gasteiger charge is 2.44. The van der Waals surface area contributed by atoms with E-state index in [2.05, 4.69) is 25.6 Å². The molecule has 0 saturated heterocycles. The zero-order chi connectivity index (χ0) is 18.7. The van der Waals surface area contributed by atoms with E-state index in [-0.39, 0.29) is 0 Å². The van der Waals surface area contributed by atoms with Crippen molar-refractivity contribution < 1.29 is 4.74 Å². The minimum absolute atomic E-state index is 0.365. The van der Waals surface area contributed by atoms with Gasteiger partial charge in [0.25, 0.3) is 0 Å². The first-order valence-electron chi connectivity index (χ1n) is 8.66. The second-order valence-electron chi connectivity index (χ2n) is 6.84. The van der Waals surface area contributed by atoms with Crippen LogP contribution in [0.15, 0.2) is 12.1 Å². The Bertz CT molecular complexity index is 1160. The fraction of sp³-hybridized carbons (Fsp3) is 0.412. The first-order chi connectivity index (χ1) is 13.0. The lowest BCUT2D eigenvalue weighted by atomic mass is 10.2. The van der Waals surface area contributed by atoms with Crippen LogP contribution in [0.5, 0.6) is 6.01 Å². The highest BCUT2D eigenvalue weighted by Crippen LogP contribution is 2.55. The van der Waals surface area contributed by atoms with E-state index in [0.29, 0.717) is 17.8 Å². The second kappa shape index (κ2) is 5.81. The predicted octanol–water partition coefficient (Wildman–Crippen LogP) is 2.27. The van der Waals surface area contributed by atoms with Crippen LogP contribution in [0, 0.1) is 13.8 Å². The average Bonchev–Trinajstić information content (AvgIpc) is 2.98. The van der Waals surface area contributed by atoms with Gasteiger partial charge < -0.3 is 4.74 Å². The highest BCUT2D eigenvalue weighted by atomic mass is 32.1. The molecule has 10 heteroatoms. The molecule has 4 heterocycles. The van der Waals surface area contributed by atoms with Gasteiger partial charge in [0.2, 0.25) is 0 Å². The molecule has 1 aliphatic rings. The molecule has 0 bridgehead atoms. The van der Waals surface area contributed by atoms with Gasteiger partial charge in [-0.1, -0.05) is 0 Å². The SMILES string of the molecule is COc1nsc(C2CC2c2cc(-c3cc(C)c4nnc(C)n4n3)n(C)n2)n1. The standard InChI is InChI=1S/C17H18N8OS/c1-8-5-13(22-25-9(2)19-20-15(8)25)14-7-12(21-24(14)3)10-6-11(10)16-18-17(26-4)23-27-16/h5,7,10-11H,6H2,1-4H3. The van der Waals surface area contributed by atoms with E-state index in [0.717, 1.165) is 45.5 Å². The molecule has 0 aromatic carbocycles. The van der Waals surface area contributed by atoms with Crippen LogP contribution in [-0.4, -0.2) is 46.1 Å². The molecule has 1 aliphatic carbocycles. The molecule has 2 atom stereocenters. The third-order valence-electron chi connectivity index (χ3n) is 4.96. The average molecular weight is 382 g/mol. The number of hydrogen-bond donors (Lipinski definition) is 0. The van der Waals surface area contributed by atoms with Crippen LogP contribution in [-0.2, 0) is 7.05 Å². The molecule has 0 spiro atoms. The van der Waals surface area contributed by atoms with Crippen molar-refractivity contribution in [3.8, 4) is 17.4 Å². The number of ether oxygens (including phenoxy) is 1. The summed E-state index contributed by atoms with van der Waals surface area (Å²) >= 11 is 1.41. The molecular formula is C17H18N8OS. The maximum absolute atomic E-state index is 5.09. The molecule has 5 rings (SSSR count). The zero-order valence-corrected chi connectivity index (χ0v) is 16.2. The van der Waals surface area contributed by atoms with Crippen molar-refractivity contribution in [2.45, 2.75) is 32.1 Å². The Hall–Kier alpha value is -2.88. The maximum atomic E-state index is 5.09. The van der Waals surface area contributed by atoms with Gasteiger partial charge in [0.15, 0.2) is 11.5 Å². The minimum Gasteiger partial charge on any atom is -0.466 e. The molecule has 0 amide bonds. The quantitative estimate of drug-likeness (QED) is 0.534. The van der Waals surface area contributed by atoms with Crippen LogP contribution in [0.2, 0.25) is 0 Å². The van der Waals surface area contributed by atoms with Crippen LogP contribution in [0.3, 0.4) is 0 Å². The van der Waals surface area contributed by atoms with Gasteiger partial charge in [-0.05, 0) is 49.5 Å². The molecule has 27 heavy (non-hydrogen) atoms. The maximum Gasteiger partial charge on any atom is 0.328 e. The fourth-order valence-corrected chi connectivity index (χ4v) is 4.22. The Kier molecular flexibility index (Phi) is 3.51. The summed E-state index contributed by atoms with van der Waals surface area (Å²) in [6.45, 7) is 3.92. The van der Waals surface area contributed by atoms with E-state index in [1.807, 2.05) is 31.6 Å². The Morgan fingerprint density at radius 1 is 1.15 bits per heavy atom. The number of fused-ring (bicyclic) bond motifs is 1. The Morgan fingerprint density at radius 3 is 2.78 bits per heavy atom. The van der Waals surface area contributed by atoms with Crippen LogP contribution in [0.1, 0.15) is 40.3 Å². The van der Waals surface area contributed by atoms with Gasteiger partial charge >= 0.3 is 6.01 Å². The lowest BCUT2D eigenvalue weighted by Gasteiger charge is -2.04. The van der Waals surface area contributed by atoms with Gasteiger partial charge in [0.05, 0.1) is 18.5 Å². The van der Waals surface area contributed by atoms with Crippen molar-refractivity contribution in [2.75, 3.05) is 7.11 Å². The first-order valence-corrected chi connectivity index (χ1v) is 9.44. The summed E-state index contributed by atoms with van der Waals surface area (Å²) < 4.78 is 13.0. The number of aromatic nitrogens is 8. The molecular weight excluding hydrogens is 364 g/mol. The summed E-state index contributed by atoms with van der Waals surface area (Å²) in [5.41, 5.74) is 4.72. The lowest BCUT2D eigenvalue weighted by Crippen LogP contribution is -2.02. The van der Waals surface area contributed by atoms with Crippen LogP contribution >= 0.6 is 11.5 Å². The van der Waals surface area contributed by atoms with Crippen molar-refractivity contribution in [3.63, 3.8) is 0 Å². The number of hydrogen-bond acceptors (Lipinski definition) is 8. The van der Waals surface area contributed by atoms with Gasteiger partial charge in [0, 0.05) is 18.9 Å². The second-order valence-corrected chi connectivity index (χ2v) is 7.62. The van der Waals surface area contributed by atoms with Crippen molar-refractivity contribution in [2.24, 2.45) is 7.05 Å². The van der Waals surface area contributed by atoms with Gasteiger partial charge in [-0.3, -0.25) is 4.68 Å². The lowest BCUT2D eigenvalue weighted by molar-refractivity contribution is 0.385. The van der Waals surface area contributed by atoms with Gasteiger partial charge in [0.1, 0.15) is 10.7 Å². The van der Waals surface area contributed by atoms with E-state index >= 15 is 0 Å². The zero-order valence-electron chi connectivity index (χ0n) is 15.4. The Morgan fingerprint density at radius 2 is 2.00 bits per heavy atom. The van der Waals surface area contributed by atoms with Crippen molar-refractivity contribution in [1.29, 1.82) is 0 Å². The fourth-order valence-electron chi connectivity index (χ4n) is 3.41. The third kappa shape index (κ3) is 2.59. The summed E-state index contributed by atoms with van der Waals surface area (Å²) in [5, 5.41) is 18.7. The number of methoxy groups -OCH3 is 1. The van der Waals surface area contributed by atoms with E-state index in [1.165, 1.54) is 11.5 Å². The molecule has 4 aromatic rings. The largest absolute Gasteiger partial charge is 0.466 e. The molecule has 0 aliphatic heterocycles. The highest BCUT2D eigenvalue weighted by molar-refractivity contribution is 7.05. The topological polar surface area (TPSA) is 95.9 Å². The summed E-state index contributed by atoms with van der Waals surface area (Å²) in [6, 6.07) is 4.60. The van der Waals surface area contributed by atoms with Crippen LogP contribution in [0.4, 0.5) is 0 Å². The first kappa shape index (κ1) is 16.3. The number of nitrogens with zero attached hydrogens (tertiary/aromatic N) is 8. The summed E-state index contributed by atoms with van der Waals surface area (Å²) in [4.78, 5) is 4.42. The summed E-state index contributed by atoms with van der Waals surface area (Å²) in [7, 11) is 3.54. The smallest absolute Gasteiger partial charge is 0.328 e. The number of aryl methyl sites for hydroxylation is 3. The molecule has 138 valence electrons. The minimum atomic E-state index is 0.365. The van der Waals surface area contributed by atoms with Crippen LogP contribution in [0.25, 0.3) is 17.0 Å². The van der Waals surface area contributed by atoms with E-state index < -0.39 is 0 Å². The predicted molar refractivity (Wildman–Crippen MR) is 99.0 cm³/mol. The van der Waals surface area contributed by atoms with Crippen molar-refractivity contribution in [3.05, 3.63) is 34.2 Å². The monoisotopic (exact) mass is 382 g/mol. The third-order valence-corrected chi connectivity index (χ3v) is 5.79. The van der Waals surface area contributed by atoms with Gasteiger partial charge in [-0.2, -0.15) is 19.7 Å². The van der Waals surface area contributed by atoms with Crippen molar-refractivity contribution >= 4 is 17.2 Å². The molecule has 1 fully saturated rings. The van der Waals surface area contributed by atoms with Crippen LogP contribution < -0.4 is 4.74 Å². The molecule has 9 nitrogen and oxygen atoms in total. The molecule has 1 saturated carbocycles. The van der Waals surface area contributed by atoms with E-state index in [9.17, 15) is 0 Å². The molecule has 2 unspecified atom stereocenters. The Balaban J connectivity index is 1.48. The normalized spacial score (nSPS) is 19.0. The Labute approximate surface area is 159 Å². The van der Waals surface area contributed by atoms with E-state index in [4.69, 9.17) is 14.9 Å². The molecule has 4 aromatic heterocycles. The summed E-state index contributed by atoms with van der Waals surface area (Å²) in [6.07, 6.45) is 1.03. The van der Waals surface area contributed by atoms with Gasteiger partial charge in [-0.15, -0.1) is 14.6 Å². The number of rotatable bonds is 4. The van der Waals surface area contributed by atoms with Gasteiger partial charge in [-0.25, -0.2) is 0 Å². The van der Waals surface area contributed by atoms with E-state index in [1.54, 1.807) is 11.6 Å². The van der Waals surface area contributed by atoms with Crippen molar-refractivity contribution in [1.82, 2.24) is 38.9 Å². The molecule has 0 N–H and O–H groups in total. The summed E-state index contributed by atoms with van der Waals surface area (Å²) in [5.74, 6) is 1.50. The molecule has 0 radical (unpaired) electrons.